The largest absolute Gasteiger partial charge is 0.309 e. The zero-order valence-corrected chi connectivity index (χ0v) is 12.9. The van der Waals surface area contributed by atoms with Crippen molar-refractivity contribution in [1.29, 1.82) is 0 Å². The molecule has 3 heteroatoms. The Kier molecular flexibility index (Phi) is 3.91. The molecular weight excluding hydrogens is 280 g/mol. The first kappa shape index (κ1) is 14.1. The number of aromatic nitrogens is 1. The summed E-state index contributed by atoms with van der Waals surface area (Å²) in [6.07, 6.45) is 3.72. The second-order valence-electron chi connectivity index (χ2n) is 5.14. The van der Waals surface area contributed by atoms with Crippen LogP contribution >= 0.6 is 11.6 Å². The number of hydrogen-bond donors (Lipinski definition) is 1. The van der Waals surface area contributed by atoms with Crippen molar-refractivity contribution in [2.45, 2.75) is 13.0 Å². The average Bonchev–Trinajstić information content (AvgIpc) is 2.52. The van der Waals surface area contributed by atoms with E-state index in [1.807, 2.05) is 38.5 Å². The quantitative estimate of drug-likeness (QED) is 0.769. The number of hydrogen-bond acceptors (Lipinski definition) is 2. The summed E-state index contributed by atoms with van der Waals surface area (Å²) in [6, 6.07) is 14.6. The Bertz CT molecular complexity index is 778. The topological polar surface area (TPSA) is 24.9 Å². The van der Waals surface area contributed by atoms with Crippen LogP contribution in [0.1, 0.15) is 22.7 Å². The third-order valence-corrected chi connectivity index (χ3v) is 4.36. The van der Waals surface area contributed by atoms with Gasteiger partial charge in [-0.25, -0.2) is 0 Å². The van der Waals surface area contributed by atoms with E-state index in [9.17, 15) is 0 Å². The van der Waals surface area contributed by atoms with Crippen LogP contribution in [0, 0.1) is 6.92 Å². The number of nitrogens with one attached hydrogen (secondary N) is 1. The van der Waals surface area contributed by atoms with Crippen LogP contribution in [-0.2, 0) is 0 Å². The number of benzene rings is 2. The van der Waals surface area contributed by atoms with Gasteiger partial charge < -0.3 is 5.32 Å². The SMILES string of the molecule is CNC(c1cccc(C)c1Cl)c1cccc2cnccc12. The summed E-state index contributed by atoms with van der Waals surface area (Å²) < 4.78 is 0. The normalized spacial score (nSPS) is 12.5. The van der Waals surface area contributed by atoms with Crippen molar-refractivity contribution in [1.82, 2.24) is 10.3 Å². The Morgan fingerprint density at radius 1 is 1.05 bits per heavy atom. The highest BCUT2D eigenvalue weighted by Gasteiger charge is 2.18. The third kappa shape index (κ3) is 2.53. The number of pyridine rings is 1. The maximum absolute atomic E-state index is 6.52. The zero-order valence-electron chi connectivity index (χ0n) is 12.1. The fraction of sp³-hybridized carbons (Fsp3) is 0.167. The second-order valence-corrected chi connectivity index (χ2v) is 5.52. The molecule has 2 aromatic carbocycles. The molecule has 106 valence electrons. The summed E-state index contributed by atoms with van der Waals surface area (Å²) >= 11 is 6.52. The Hall–Kier alpha value is -1.90. The van der Waals surface area contributed by atoms with Crippen molar-refractivity contribution in [3.8, 4) is 0 Å². The Morgan fingerprint density at radius 2 is 1.81 bits per heavy atom. The molecule has 1 aromatic heterocycles. The zero-order chi connectivity index (χ0) is 14.8. The Labute approximate surface area is 129 Å². The lowest BCUT2D eigenvalue weighted by Gasteiger charge is -2.21. The first-order valence-electron chi connectivity index (χ1n) is 6.97. The molecule has 1 N–H and O–H groups in total. The van der Waals surface area contributed by atoms with E-state index in [1.54, 1.807) is 0 Å². The van der Waals surface area contributed by atoms with Crippen LogP contribution in [-0.4, -0.2) is 12.0 Å². The second kappa shape index (κ2) is 5.84. The molecule has 0 fully saturated rings. The maximum atomic E-state index is 6.52. The van der Waals surface area contributed by atoms with E-state index < -0.39 is 0 Å². The van der Waals surface area contributed by atoms with E-state index in [1.165, 1.54) is 10.9 Å². The monoisotopic (exact) mass is 296 g/mol. The minimum absolute atomic E-state index is 0.0588. The lowest BCUT2D eigenvalue weighted by atomic mass is 9.93. The van der Waals surface area contributed by atoms with Gasteiger partial charge in [0.15, 0.2) is 0 Å². The summed E-state index contributed by atoms with van der Waals surface area (Å²) in [5.41, 5.74) is 3.41. The number of nitrogens with zero attached hydrogens (tertiary/aromatic N) is 1. The van der Waals surface area contributed by atoms with E-state index in [0.717, 1.165) is 21.5 Å². The van der Waals surface area contributed by atoms with Crippen LogP contribution in [0.2, 0.25) is 5.02 Å². The van der Waals surface area contributed by atoms with Gasteiger partial charge in [0.1, 0.15) is 0 Å². The minimum atomic E-state index is 0.0588. The summed E-state index contributed by atoms with van der Waals surface area (Å²) in [5.74, 6) is 0. The smallest absolute Gasteiger partial charge is 0.0595 e. The molecule has 3 aromatic rings. The van der Waals surface area contributed by atoms with Crippen LogP contribution in [0.5, 0.6) is 0 Å². The van der Waals surface area contributed by atoms with Gasteiger partial charge in [-0.3, -0.25) is 4.98 Å². The van der Waals surface area contributed by atoms with E-state index in [4.69, 9.17) is 11.6 Å². The van der Waals surface area contributed by atoms with Gasteiger partial charge in [-0.15, -0.1) is 0 Å². The molecule has 21 heavy (non-hydrogen) atoms. The number of aryl methyl sites for hydroxylation is 1. The van der Waals surface area contributed by atoms with Gasteiger partial charge in [-0.05, 0) is 42.1 Å². The lowest BCUT2D eigenvalue weighted by Crippen LogP contribution is -2.18. The molecule has 3 rings (SSSR count). The van der Waals surface area contributed by atoms with Crippen LogP contribution in [0.4, 0.5) is 0 Å². The van der Waals surface area contributed by atoms with Gasteiger partial charge in [0.25, 0.3) is 0 Å². The molecule has 0 aliphatic heterocycles. The van der Waals surface area contributed by atoms with E-state index >= 15 is 0 Å². The van der Waals surface area contributed by atoms with Gasteiger partial charge in [0.05, 0.1) is 6.04 Å². The van der Waals surface area contributed by atoms with Crippen molar-refractivity contribution in [3.05, 3.63) is 76.6 Å². The maximum Gasteiger partial charge on any atom is 0.0595 e. The standard InChI is InChI=1S/C18H17ClN2/c1-12-5-3-8-16(17(12)19)18(20-2)15-7-4-6-13-11-21-10-9-14(13)15/h3-11,18,20H,1-2H3. The molecule has 2 nitrogen and oxygen atoms in total. The summed E-state index contributed by atoms with van der Waals surface area (Å²) in [5, 5.41) is 6.55. The molecule has 1 heterocycles. The van der Waals surface area contributed by atoms with E-state index in [0.29, 0.717) is 0 Å². The summed E-state index contributed by atoms with van der Waals surface area (Å²) in [4.78, 5) is 4.20. The third-order valence-electron chi connectivity index (χ3n) is 3.85. The van der Waals surface area contributed by atoms with Crippen LogP contribution in [0.25, 0.3) is 10.8 Å². The number of rotatable bonds is 3. The minimum Gasteiger partial charge on any atom is -0.309 e. The first-order valence-corrected chi connectivity index (χ1v) is 7.35. The molecule has 0 radical (unpaired) electrons. The summed E-state index contributed by atoms with van der Waals surface area (Å²) in [7, 11) is 1.96. The van der Waals surface area contributed by atoms with Crippen molar-refractivity contribution in [2.75, 3.05) is 7.05 Å². The predicted molar refractivity (Wildman–Crippen MR) is 88.8 cm³/mol. The Balaban J connectivity index is 2.21. The highest BCUT2D eigenvalue weighted by Crippen LogP contribution is 2.33. The molecule has 0 spiro atoms. The van der Waals surface area contributed by atoms with Crippen LogP contribution < -0.4 is 5.32 Å². The molecule has 0 saturated heterocycles. The average molecular weight is 297 g/mol. The van der Waals surface area contributed by atoms with Gasteiger partial charge in [0, 0.05) is 22.8 Å². The molecule has 0 saturated carbocycles. The van der Waals surface area contributed by atoms with Gasteiger partial charge in [0.2, 0.25) is 0 Å². The van der Waals surface area contributed by atoms with Crippen molar-refractivity contribution < 1.29 is 0 Å². The fourth-order valence-electron chi connectivity index (χ4n) is 2.77. The molecule has 0 bridgehead atoms. The van der Waals surface area contributed by atoms with Crippen molar-refractivity contribution in [3.63, 3.8) is 0 Å². The highest BCUT2D eigenvalue weighted by atomic mass is 35.5. The van der Waals surface area contributed by atoms with Gasteiger partial charge in [-0.2, -0.15) is 0 Å². The van der Waals surface area contributed by atoms with E-state index in [2.05, 4.69) is 40.6 Å². The number of fused-ring (bicyclic) bond motifs is 1. The predicted octanol–water partition coefficient (Wildman–Crippen LogP) is 4.51. The molecule has 0 aliphatic rings. The van der Waals surface area contributed by atoms with Crippen LogP contribution in [0.3, 0.4) is 0 Å². The molecule has 0 aliphatic carbocycles. The molecule has 1 unspecified atom stereocenters. The Morgan fingerprint density at radius 3 is 2.62 bits per heavy atom. The lowest BCUT2D eigenvalue weighted by molar-refractivity contribution is 0.696. The molecule has 1 atom stereocenters. The van der Waals surface area contributed by atoms with Gasteiger partial charge >= 0.3 is 0 Å². The molecule has 0 amide bonds. The summed E-state index contributed by atoms with van der Waals surface area (Å²) in [6.45, 7) is 2.03. The van der Waals surface area contributed by atoms with E-state index in [-0.39, 0.29) is 6.04 Å². The number of halogens is 1. The first-order chi connectivity index (χ1) is 10.2. The van der Waals surface area contributed by atoms with Crippen molar-refractivity contribution >= 4 is 22.4 Å². The highest BCUT2D eigenvalue weighted by molar-refractivity contribution is 6.32. The molecular formula is C18H17ClN2. The fourth-order valence-corrected chi connectivity index (χ4v) is 3.01. The van der Waals surface area contributed by atoms with Crippen molar-refractivity contribution in [2.24, 2.45) is 0 Å². The van der Waals surface area contributed by atoms with Crippen LogP contribution in [0.15, 0.2) is 54.9 Å². The van der Waals surface area contributed by atoms with Gasteiger partial charge in [-0.1, -0.05) is 48.0 Å².